The molecule has 0 spiro atoms. The monoisotopic (exact) mass is 466 g/mol. The van der Waals surface area contributed by atoms with Gasteiger partial charge in [0.15, 0.2) is 0 Å². The maximum absolute atomic E-state index is 13.2. The molecule has 2 amide bonds. The van der Waals surface area contributed by atoms with E-state index in [9.17, 15) is 19.5 Å². The van der Waals surface area contributed by atoms with E-state index in [0.29, 0.717) is 0 Å². The Labute approximate surface area is 198 Å². The van der Waals surface area contributed by atoms with E-state index in [1.165, 1.54) is 11.9 Å². The van der Waals surface area contributed by atoms with Gasteiger partial charge < -0.3 is 24.8 Å². The molecule has 0 saturated carbocycles. The maximum atomic E-state index is 13.2. The summed E-state index contributed by atoms with van der Waals surface area (Å²) in [6, 6.07) is 14.6. The molecule has 34 heavy (non-hydrogen) atoms. The number of carboxylic acid groups (broad SMARTS) is 1. The van der Waals surface area contributed by atoms with Crippen molar-refractivity contribution in [3.05, 3.63) is 59.7 Å². The normalized spacial score (nSPS) is 21.9. The van der Waals surface area contributed by atoms with Crippen LogP contribution in [0.15, 0.2) is 48.5 Å². The summed E-state index contributed by atoms with van der Waals surface area (Å²) in [5.74, 6) is -1.52. The van der Waals surface area contributed by atoms with E-state index in [4.69, 9.17) is 9.47 Å². The zero-order valence-corrected chi connectivity index (χ0v) is 19.6. The SMILES string of the molecule is CCC(C(=O)O)N(C)C(=O)C1(C)COCC1NC(=O)OCC1c2ccccc2-c2ccccc21. The second-order valence-electron chi connectivity index (χ2n) is 9.13. The zero-order chi connectivity index (χ0) is 24.5. The molecule has 1 heterocycles. The van der Waals surface area contributed by atoms with Crippen molar-refractivity contribution in [2.75, 3.05) is 26.9 Å². The molecule has 2 aliphatic rings. The predicted molar refractivity (Wildman–Crippen MR) is 125 cm³/mol. The lowest BCUT2D eigenvalue weighted by molar-refractivity contribution is -0.154. The summed E-state index contributed by atoms with van der Waals surface area (Å²) in [6.07, 6.45) is -0.358. The highest BCUT2D eigenvalue weighted by molar-refractivity contribution is 5.88. The molecular formula is C26H30N2O6. The minimum absolute atomic E-state index is 0.0713. The Hall–Kier alpha value is -3.39. The van der Waals surface area contributed by atoms with Crippen LogP contribution in [0, 0.1) is 5.41 Å². The van der Waals surface area contributed by atoms with Crippen LogP contribution in [0.4, 0.5) is 4.79 Å². The molecule has 8 heteroatoms. The van der Waals surface area contributed by atoms with Crippen molar-refractivity contribution < 1.29 is 29.0 Å². The minimum atomic E-state index is -1.09. The van der Waals surface area contributed by atoms with Crippen LogP contribution < -0.4 is 5.32 Å². The third kappa shape index (κ3) is 4.14. The molecule has 180 valence electrons. The van der Waals surface area contributed by atoms with E-state index in [0.717, 1.165) is 22.3 Å². The van der Waals surface area contributed by atoms with Crippen molar-refractivity contribution in [3.8, 4) is 11.1 Å². The van der Waals surface area contributed by atoms with Gasteiger partial charge in [0.25, 0.3) is 0 Å². The van der Waals surface area contributed by atoms with E-state index in [-0.39, 0.29) is 38.1 Å². The van der Waals surface area contributed by atoms with Crippen molar-refractivity contribution in [1.29, 1.82) is 0 Å². The Bertz CT molecular complexity index is 1060. The molecule has 2 aromatic carbocycles. The Morgan fingerprint density at radius 2 is 1.74 bits per heavy atom. The average Bonchev–Trinajstić information content (AvgIpc) is 3.35. The highest BCUT2D eigenvalue weighted by Crippen LogP contribution is 2.44. The fourth-order valence-corrected chi connectivity index (χ4v) is 5.03. The van der Waals surface area contributed by atoms with Gasteiger partial charge in [-0.25, -0.2) is 9.59 Å². The number of carbonyl (C=O) groups is 3. The first-order valence-corrected chi connectivity index (χ1v) is 11.5. The second kappa shape index (κ2) is 9.46. The summed E-state index contributed by atoms with van der Waals surface area (Å²) in [5.41, 5.74) is 3.41. The smallest absolute Gasteiger partial charge is 0.407 e. The number of hydrogen-bond donors (Lipinski definition) is 2. The standard InChI is InChI=1S/C26H30N2O6/c1-4-21(23(29)30)28(3)24(31)26(2)15-33-14-22(26)27-25(32)34-13-20-18-11-7-5-9-16(18)17-10-6-8-12-19(17)20/h5-12,20-22H,4,13-15H2,1-3H3,(H,27,32)(H,29,30). The highest BCUT2D eigenvalue weighted by atomic mass is 16.5. The quantitative estimate of drug-likeness (QED) is 0.649. The first-order valence-electron chi connectivity index (χ1n) is 11.5. The van der Waals surface area contributed by atoms with Gasteiger partial charge in [-0.2, -0.15) is 0 Å². The Balaban J connectivity index is 1.43. The van der Waals surface area contributed by atoms with E-state index in [2.05, 4.69) is 17.4 Å². The van der Waals surface area contributed by atoms with Crippen LogP contribution >= 0.6 is 0 Å². The van der Waals surface area contributed by atoms with Gasteiger partial charge in [-0.1, -0.05) is 55.5 Å². The maximum Gasteiger partial charge on any atom is 0.407 e. The number of likely N-dealkylation sites (N-methyl/N-ethyl adjacent to an activating group) is 1. The van der Waals surface area contributed by atoms with E-state index >= 15 is 0 Å². The van der Waals surface area contributed by atoms with Crippen molar-refractivity contribution in [3.63, 3.8) is 0 Å². The first-order chi connectivity index (χ1) is 16.3. The van der Waals surface area contributed by atoms with E-state index < -0.39 is 29.6 Å². The molecule has 1 aliphatic heterocycles. The molecule has 0 bridgehead atoms. The number of nitrogens with one attached hydrogen (secondary N) is 1. The van der Waals surface area contributed by atoms with Crippen molar-refractivity contribution in [2.45, 2.75) is 38.3 Å². The van der Waals surface area contributed by atoms with Crippen LogP contribution in [0.2, 0.25) is 0 Å². The van der Waals surface area contributed by atoms with Gasteiger partial charge in [-0.05, 0) is 35.6 Å². The first kappa shape index (κ1) is 23.8. The number of fused-ring (bicyclic) bond motifs is 3. The summed E-state index contributed by atoms with van der Waals surface area (Å²) in [5, 5.41) is 12.2. The highest BCUT2D eigenvalue weighted by Gasteiger charge is 2.50. The Morgan fingerprint density at radius 3 is 2.29 bits per heavy atom. The third-order valence-corrected chi connectivity index (χ3v) is 7.04. The van der Waals surface area contributed by atoms with Crippen molar-refractivity contribution in [1.82, 2.24) is 10.2 Å². The number of aliphatic carboxylic acids is 1. The number of carbonyl (C=O) groups excluding carboxylic acids is 2. The minimum Gasteiger partial charge on any atom is -0.480 e. The molecule has 0 aromatic heterocycles. The van der Waals surface area contributed by atoms with Crippen LogP contribution in [-0.4, -0.2) is 66.9 Å². The van der Waals surface area contributed by atoms with Crippen LogP contribution in [0.1, 0.15) is 37.3 Å². The fourth-order valence-electron chi connectivity index (χ4n) is 5.03. The molecule has 3 unspecified atom stereocenters. The van der Waals surface area contributed by atoms with Gasteiger partial charge in [-0.15, -0.1) is 0 Å². The number of amides is 2. The summed E-state index contributed by atoms with van der Waals surface area (Å²) in [7, 11) is 1.47. The molecule has 1 fully saturated rings. The van der Waals surface area contributed by atoms with Gasteiger partial charge >= 0.3 is 12.1 Å². The van der Waals surface area contributed by atoms with E-state index in [1.807, 2.05) is 36.4 Å². The zero-order valence-electron chi connectivity index (χ0n) is 19.6. The van der Waals surface area contributed by atoms with Gasteiger partial charge in [0.05, 0.1) is 24.7 Å². The molecule has 8 nitrogen and oxygen atoms in total. The third-order valence-electron chi connectivity index (χ3n) is 7.04. The summed E-state index contributed by atoms with van der Waals surface area (Å²) in [6.45, 7) is 3.78. The number of carboxylic acids is 1. The Kier molecular flexibility index (Phi) is 6.61. The van der Waals surface area contributed by atoms with Crippen molar-refractivity contribution >= 4 is 18.0 Å². The number of nitrogens with zero attached hydrogens (tertiary/aromatic N) is 1. The van der Waals surface area contributed by atoms with Gasteiger partial charge in [0, 0.05) is 13.0 Å². The number of alkyl carbamates (subject to hydrolysis) is 1. The summed E-state index contributed by atoms with van der Waals surface area (Å²) in [4.78, 5) is 38.7. The molecular weight excluding hydrogens is 436 g/mol. The van der Waals surface area contributed by atoms with Crippen LogP contribution in [0.5, 0.6) is 0 Å². The van der Waals surface area contributed by atoms with Gasteiger partial charge in [-0.3, -0.25) is 4.79 Å². The largest absolute Gasteiger partial charge is 0.480 e. The molecule has 3 atom stereocenters. The summed E-state index contributed by atoms with van der Waals surface area (Å²) >= 11 is 0. The van der Waals surface area contributed by atoms with Crippen LogP contribution in [0.25, 0.3) is 11.1 Å². The molecule has 1 saturated heterocycles. The molecule has 1 aliphatic carbocycles. The molecule has 2 aromatic rings. The topological polar surface area (TPSA) is 105 Å². The van der Waals surface area contributed by atoms with Gasteiger partial charge in [0.1, 0.15) is 12.6 Å². The number of rotatable bonds is 7. The number of benzene rings is 2. The number of ether oxygens (including phenoxy) is 2. The molecule has 4 rings (SSSR count). The van der Waals surface area contributed by atoms with Crippen LogP contribution in [0.3, 0.4) is 0 Å². The summed E-state index contributed by atoms with van der Waals surface area (Å²) < 4.78 is 11.1. The van der Waals surface area contributed by atoms with E-state index in [1.54, 1.807) is 13.8 Å². The average molecular weight is 467 g/mol. The fraction of sp³-hybridized carbons (Fsp3) is 0.423. The molecule has 0 radical (unpaired) electrons. The lowest BCUT2D eigenvalue weighted by Crippen LogP contribution is -2.56. The lowest BCUT2D eigenvalue weighted by atomic mass is 9.83. The Morgan fingerprint density at radius 1 is 1.15 bits per heavy atom. The van der Waals surface area contributed by atoms with Crippen molar-refractivity contribution in [2.24, 2.45) is 5.41 Å². The van der Waals surface area contributed by atoms with Gasteiger partial charge in [0.2, 0.25) is 5.91 Å². The number of hydrogen-bond acceptors (Lipinski definition) is 5. The van der Waals surface area contributed by atoms with Crippen LogP contribution in [-0.2, 0) is 19.1 Å². The predicted octanol–water partition coefficient (Wildman–Crippen LogP) is 3.25. The molecule has 2 N–H and O–H groups in total. The lowest BCUT2D eigenvalue weighted by Gasteiger charge is -2.35. The second-order valence-corrected chi connectivity index (χ2v) is 9.13.